The zero-order valence-corrected chi connectivity index (χ0v) is 14.5. The number of pyridine rings is 1. The topological polar surface area (TPSA) is 66.1 Å². The lowest BCUT2D eigenvalue weighted by molar-refractivity contribution is 0.302. The Labute approximate surface area is 156 Å². The van der Waals surface area contributed by atoms with Gasteiger partial charge in [-0.2, -0.15) is 5.26 Å². The number of nitriles is 1. The van der Waals surface area contributed by atoms with E-state index in [1.807, 2.05) is 66.7 Å². The van der Waals surface area contributed by atoms with E-state index < -0.39 is 0 Å². The number of hydrogen-bond acceptors (Lipinski definition) is 4. The van der Waals surface area contributed by atoms with Crippen molar-refractivity contribution < 1.29 is 9.84 Å². The first-order chi connectivity index (χ1) is 13.2. The minimum absolute atomic E-state index is 0.00553. The summed E-state index contributed by atoms with van der Waals surface area (Å²) >= 11 is 0. The first kappa shape index (κ1) is 16.6. The Morgan fingerprint density at radius 2 is 1.70 bits per heavy atom. The van der Waals surface area contributed by atoms with Crippen LogP contribution in [0.5, 0.6) is 11.5 Å². The third-order valence-electron chi connectivity index (χ3n) is 4.36. The molecule has 0 unspecified atom stereocenters. The van der Waals surface area contributed by atoms with Crippen molar-refractivity contribution in [2.45, 2.75) is 6.61 Å². The molecule has 0 atom stereocenters. The summed E-state index contributed by atoms with van der Waals surface area (Å²) in [7, 11) is 0. The Morgan fingerprint density at radius 3 is 2.52 bits per heavy atom. The Hall–Kier alpha value is -3.84. The van der Waals surface area contributed by atoms with Crippen LogP contribution < -0.4 is 4.74 Å². The maximum atomic E-state index is 10.2. The van der Waals surface area contributed by atoms with Crippen molar-refractivity contribution in [2.24, 2.45) is 0 Å². The van der Waals surface area contributed by atoms with Gasteiger partial charge in [-0.25, -0.2) is 4.98 Å². The predicted octanol–water partition coefficient (Wildman–Crippen LogP) is 5.06. The highest BCUT2D eigenvalue weighted by atomic mass is 16.5. The summed E-state index contributed by atoms with van der Waals surface area (Å²) in [5.74, 6) is 0.707. The molecule has 1 N–H and O–H groups in total. The normalized spacial score (nSPS) is 10.5. The second kappa shape index (κ2) is 7.19. The molecule has 4 heteroatoms. The Kier molecular flexibility index (Phi) is 4.42. The summed E-state index contributed by atoms with van der Waals surface area (Å²) in [4.78, 5) is 4.60. The van der Waals surface area contributed by atoms with E-state index in [4.69, 9.17) is 10.00 Å². The van der Waals surface area contributed by atoms with E-state index in [1.165, 1.54) is 0 Å². The molecule has 0 amide bonds. The lowest BCUT2D eigenvalue weighted by Crippen LogP contribution is -1.98. The van der Waals surface area contributed by atoms with E-state index in [-0.39, 0.29) is 11.3 Å². The van der Waals surface area contributed by atoms with Crippen LogP contribution in [-0.2, 0) is 6.61 Å². The average molecular weight is 352 g/mol. The molecule has 0 spiro atoms. The van der Waals surface area contributed by atoms with Gasteiger partial charge in [0.1, 0.15) is 24.2 Å². The van der Waals surface area contributed by atoms with Crippen LogP contribution in [0.15, 0.2) is 78.9 Å². The SMILES string of the molecule is N#Cc1cccc(-c2ccc(OCc3ccc4ccccc4n3)cc2)c1O. The molecule has 0 bridgehead atoms. The average Bonchev–Trinajstić information content (AvgIpc) is 2.73. The van der Waals surface area contributed by atoms with Gasteiger partial charge in [-0.3, -0.25) is 0 Å². The minimum atomic E-state index is -0.00553. The van der Waals surface area contributed by atoms with Crippen LogP contribution in [0.25, 0.3) is 22.0 Å². The molecule has 0 saturated carbocycles. The van der Waals surface area contributed by atoms with Crippen LogP contribution >= 0.6 is 0 Å². The number of benzene rings is 3. The van der Waals surface area contributed by atoms with Gasteiger partial charge in [-0.1, -0.05) is 48.5 Å². The number of aromatic nitrogens is 1. The standard InChI is InChI=1S/C23H16N2O2/c24-14-18-5-3-6-21(23(18)26)16-9-12-20(13-10-16)27-15-19-11-8-17-4-1-2-7-22(17)25-19/h1-13,26H,15H2. The minimum Gasteiger partial charge on any atom is -0.506 e. The fourth-order valence-electron chi connectivity index (χ4n) is 2.94. The summed E-state index contributed by atoms with van der Waals surface area (Å²) in [6, 6.07) is 26.5. The van der Waals surface area contributed by atoms with E-state index >= 15 is 0 Å². The van der Waals surface area contributed by atoms with Crippen molar-refractivity contribution in [3.05, 3.63) is 90.1 Å². The van der Waals surface area contributed by atoms with Crippen molar-refractivity contribution in [2.75, 3.05) is 0 Å². The quantitative estimate of drug-likeness (QED) is 0.557. The van der Waals surface area contributed by atoms with Gasteiger partial charge in [0, 0.05) is 10.9 Å². The van der Waals surface area contributed by atoms with Gasteiger partial charge >= 0.3 is 0 Å². The molecule has 0 fully saturated rings. The van der Waals surface area contributed by atoms with Gasteiger partial charge in [0.2, 0.25) is 0 Å². The van der Waals surface area contributed by atoms with Gasteiger partial charge in [0.05, 0.1) is 16.8 Å². The number of nitrogens with zero attached hydrogens (tertiary/aromatic N) is 2. The van der Waals surface area contributed by atoms with E-state index in [1.54, 1.807) is 18.2 Å². The molecule has 3 aromatic carbocycles. The van der Waals surface area contributed by atoms with Crippen LogP contribution in [0, 0.1) is 11.3 Å². The van der Waals surface area contributed by atoms with E-state index in [2.05, 4.69) is 4.98 Å². The Bertz CT molecular complexity index is 1150. The van der Waals surface area contributed by atoms with E-state index in [0.717, 1.165) is 22.2 Å². The predicted molar refractivity (Wildman–Crippen MR) is 104 cm³/mol. The highest BCUT2D eigenvalue weighted by Crippen LogP contribution is 2.32. The molecule has 4 nitrogen and oxygen atoms in total. The molecule has 1 heterocycles. The molecule has 0 saturated heterocycles. The van der Waals surface area contributed by atoms with E-state index in [9.17, 15) is 5.11 Å². The Morgan fingerprint density at radius 1 is 0.889 bits per heavy atom. The van der Waals surface area contributed by atoms with Crippen LogP contribution in [0.2, 0.25) is 0 Å². The van der Waals surface area contributed by atoms with Gasteiger partial charge in [0.25, 0.3) is 0 Å². The molecule has 0 aliphatic carbocycles. The number of phenolic OH excluding ortho intramolecular Hbond substituents is 1. The largest absolute Gasteiger partial charge is 0.506 e. The maximum Gasteiger partial charge on any atom is 0.141 e. The molecule has 130 valence electrons. The third-order valence-corrected chi connectivity index (χ3v) is 4.36. The Balaban J connectivity index is 1.50. The first-order valence-electron chi connectivity index (χ1n) is 8.54. The van der Waals surface area contributed by atoms with Crippen molar-refractivity contribution in [1.29, 1.82) is 5.26 Å². The van der Waals surface area contributed by atoms with Gasteiger partial charge < -0.3 is 9.84 Å². The van der Waals surface area contributed by atoms with Crippen molar-refractivity contribution in [3.8, 4) is 28.7 Å². The number of ether oxygens (including phenoxy) is 1. The maximum absolute atomic E-state index is 10.2. The first-order valence-corrected chi connectivity index (χ1v) is 8.54. The van der Waals surface area contributed by atoms with E-state index in [0.29, 0.717) is 17.9 Å². The highest BCUT2D eigenvalue weighted by molar-refractivity contribution is 5.78. The smallest absolute Gasteiger partial charge is 0.141 e. The second-order valence-electron chi connectivity index (χ2n) is 6.12. The molecule has 0 aliphatic rings. The zero-order valence-electron chi connectivity index (χ0n) is 14.5. The third kappa shape index (κ3) is 3.44. The molecule has 4 aromatic rings. The lowest BCUT2D eigenvalue weighted by Gasteiger charge is -2.09. The second-order valence-corrected chi connectivity index (χ2v) is 6.12. The molecule has 0 radical (unpaired) electrons. The van der Waals surface area contributed by atoms with Crippen molar-refractivity contribution >= 4 is 10.9 Å². The number of fused-ring (bicyclic) bond motifs is 1. The number of para-hydroxylation sites is 2. The summed E-state index contributed by atoms with van der Waals surface area (Å²) in [5.41, 5.74) is 3.51. The monoisotopic (exact) mass is 352 g/mol. The zero-order chi connectivity index (χ0) is 18.6. The van der Waals surface area contributed by atoms with Crippen LogP contribution in [-0.4, -0.2) is 10.1 Å². The molecule has 27 heavy (non-hydrogen) atoms. The molecule has 4 rings (SSSR count). The highest BCUT2D eigenvalue weighted by Gasteiger charge is 2.09. The lowest BCUT2D eigenvalue weighted by atomic mass is 10.0. The molecule has 0 aliphatic heterocycles. The summed E-state index contributed by atoms with van der Waals surface area (Å²) in [6.45, 7) is 0.374. The summed E-state index contributed by atoms with van der Waals surface area (Å²) in [5, 5.41) is 20.3. The van der Waals surface area contributed by atoms with Crippen LogP contribution in [0.4, 0.5) is 0 Å². The number of rotatable bonds is 4. The van der Waals surface area contributed by atoms with Crippen LogP contribution in [0.1, 0.15) is 11.3 Å². The van der Waals surface area contributed by atoms with Gasteiger partial charge in [-0.05, 0) is 35.9 Å². The number of aromatic hydroxyl groups is 1. The molecule has 1 aromatic heterocycles. The fourth-order valence-corrected chi connectivity index (χ4v) is 2.94. The molecular weight excluding hydrogens is 336 g/mol. The number of phenols is 1. The van der Waals surface area contributed by atoms with Gasteiger partial charge in [0.15, 0.2) is 0 Å². The summed E-state index contributed by atoms with van der Waals surface area (Å²) in [6.07, 6.45) is 0. The van der Waals surface area contributed by atoms with Crippen molar-refractivity contribution in [3.63, 3.8) is 0 Å². The fraction of sp³-hybridized carbons (Fsp3) is 0.0435. The van der Waals surface area contributed by atoms with Crippen molar-refractivity contribution in [1.82, 2.24) is 4.98 Å². The number of hydrogen-bond donors (Lipinski definition) is 1. The summed E-state index contributed by atoms with van der Waals surface area (Å²) < 4.78 is 5.83. The van der Waals surface area contributed by atoms with Crippen LogP contribution in [0.3, 0.4) is 0 Å². The van der Waals surface area contributed by atoms with Gasteiger partial charge in [-0.15, -0.1) is 0 Å². The molecular formula is C23H16N2O2.